The van der Waals surface area contributed by atoms with Gasteiger partial charge in [0.2, 0.25) is 6.29 Å². The molecule has 1 aromatic rings. The first kappa shape index (κ1) is 12.6. The zero-order chi connectivity index (χ0) is 11.3. The number of aromatic nitrogens is 1. The average molecular weight is 230 g/mol. The third-order valence-corrected chi connectivity index (χ3v) is 2.94. The van der Waals surface area contributed by atoms with Gasteiger partial charge in [-0.15, -0.1) is 11.3 Å². The Bertz CT molecular complexity index is 285. The molecule has 0 saturated heterocycles. The van der Waals surface area contributed by atoms with Gasteiger partial charge in [0.25, 0.3) is 0 Å². The van der Waals surface area contributed by atoms with E-state index in [1.165, 1.54) is 0 Å². The van der Waals surface area contributed by atoms with Crippen molar-refractivity contribution in [1.82, 2.24) is 9.88 Å². The minimum absolute atomic E-state index is 0.339. The standard InChI is InChI=1S/C10H18N2O2S/c1-12(2)6-5-9-11-8(7-15-9)10(13-3)14-4/h7,10H,5-6H2,1-4H3. The normalized spacial score (nSPS) is 11.6. The van der Waals surface area contributed by atoms with Crippen LogP contribution >= 0.6 is 11.3 Å². The molecule has 0 N–H and O–H groups in total. The molecule has 0 fully saturated rings. The van der Waals surface area contributed by atoms with Gasteiger partial charge in [0.1, 0.15) is 5.69 Å². The highest BCUT2D eigenvalue weighted by molar-refractivity contribution is 7.09. The Morgan fingerprint density at radius 2 is 2.07 bits per heavy atom. The molecule has 0 aliphatic rings. The van der Waals surface area contributed by atoms with Gasteiger partial charge in [0, 0.05) is 32.6 Å². The first-order valence-corrected chi connectivity index (χ1v) is 5.70. The fourth-order valence-electron chi connectivity index (χ4n) is 1.21. The van der Waals surface area contributed by atoms with Crippen molar-refractivity contribution in [3.63, 3.8) is 0 Å². The quantitative estimate of drug-likeness (QED) is 0.694. The van der Waals surface area contributed by atoms with E-state index < -0.39 is 0 Å². The van der Waals surface area contributed by atoms with Gasteiger partial charge >= 0.3 is 0 Å². The number of rotatable bonds is 6. The predicted octanol–water partition coefficient (Wildman–Crippen LogP) is 1.54. The van der Waals surface area contributed by atoms with Crippen molar-refractivity contribution in [2.75, 3.05) is 34.9 Å². The molecule has 4 nitrogen and oxygen atoms in total. The molecule has 5 heteroatoms. The second kappa shape index (κ2) is 6.17. The minimum atomic E-state index is -0.339. The third-order valence-electron chi connectivity index (χ3n) is 2.01. The summed E-state index contributed by atoms with van der Waals surface area (Å²) >= 11 is 1.65. The Hall–Kier alpha value is -0.490. The molecule has 0 aromatic carbocycles. The summed E-state index contributed by atoms with van der Waals surface area (Å²) in [6, 6.07) is 0. The largest absolute Gasteiger partial charge is 0.350 e. The molecular formula is C10H18N2O2S. The highest BCUT2D eigenvalue weighted by Gasteiger charge is 2.12. The maximum Gasteiger partial charge on any atom is 0.201 e. The van der Waals surface area contributed by atoms with E-state index in [9.17, 15) is 0 Å². The molecule has 1 aromatic heterocycles. The van der Waals surface area contributed by atoms with Gasteiger partial charge in [-0.25, -0.2) is 4.98 Å². The summed E-state index contributed by atoms with van der Waals surface area (Å²) in [4.78, 5) is 6.61. The van der Waals surface area contributed by atoms with Crippen molar-refractivity contribution in [3.8, 4) is 0 Å². The monoisotopic (exact) mass is 230 g/mol. The summed E-state index contributed by atoms with van der Waals surface area (Å²) < 4.78 is 10.3. The van der Waals surface area contributed by atoms with E-state index in [0.717, 1.165) is 23.7 Å². The van der Waals surface area contributed by atoms with Crippen molar-refractivity contribution in [2.24, 2.45) is 0 Å². The van der Waals surface area contributed by atoms with Gasteiger partial charge in [-0.1, -0.05) is 0 Å². The predicted molar refractivity (Wildman–Crippen MR) is 61.1 cm³/mol. The van der Waals surface area contributed by atoms with Crippen LogP contribution in [0.25, 0.3) is 0 Å². The fourth-order valence-corrected chi connectivity index (χ4v) is 1.99. The van der Waals surface area contributed by atoms with Gasteiger partial charge in [-0.2, -0.15) is 0 Å². The van der Waals surface area contributed by atoms with Crippen LogP contribution in [0.3, 0.4) is 0 Å². The molecule has 0 bridgehead atoms. The van der Waals surface area contributed by atoms with Crippen molar-refractivity contribution in [3.05, 3.63) is 16.1 Å². The number of hydrogen-bond acceptors (Lipinski definition) is 5. The van der Waals surface area contributed by atoms with Gasteiger partial charge in [0.05, 0.1) is 5.01 Å². The second-order valence-electron chi connectivity index (χ2n) is 3.52. The molecule has 86 valence electrons. The molecule has 0 amide bonds. The van der Waals surface area contributed by atoms with E-state index >= 15 is 0 Å². The van der Waals surface area contributed by atoms with Crippen LogP contribution in [0, 0.1) is 0 Å². The van der Waals surface area contributed by atoms with Crippen molar-refractivity contribution in [1.29, 1.82) is 0 Å². The Morgan fingerprint density at radius 1 is 1.40 bits per heavy atom. The lowest BCUT2D eigenvalue weighted by Crippen LogP contribution is -2.15. The molecule has 1 heterocycles. The lowest BCUT2D eigenvalue weighted by Gasteiger charge is -2.09. The van der Waals surface area contributed by atoms with Crippen molar-refractivity contribution >= 4 is 11.3 Å². The summed E-state index contributed by atoms with van der Waals surface area (Å²) in [6.45, 7) is 1.01. The Balaban J connectivity index is 2.55. The van der Waals surface area contributed by atoms with E-state index in [-0.39, 0.29) is 6.29 Å². The van der Waals surface area contributed by atoms with E-state index in [1.807, 2.05) is 5.38 Å². The number of likely N-dealkylation sites (N-methyl/N-ethyl adjacent to an activating group) is 1. The highest BCUT2D eigenvalue weighted by Crippen LogP contribution is 2.20. The molecule has 0 aliphatic heterocycles. The lowest BCUT2D eigenvalue weighted by molar-refractivity contribution is -0.108. The van der Waals surface area contributed by atoms with E-state index in [1.54, 1.807) is 25.6 Å². The van der Waals surface area contributed by atoms with Crippen LogP contribution in [0.2, 0.25) is 0 Å². The molecule has 0 saturated carbocycles. The average Bonchev–Trinajstić information content (AvgIpc) is 2.65. The van der Waals surface area contributed by atoms with Crippen LogP contribution in [0.15, 0.2) is 5.38 Å². The Labute approximate surface area is 94.8 Å². The van der Waals surface area contributed by atoms with Crippen LogP contribution in [0.4, 0.5) is 0 Å². The van der Waals surface area contributed by atoms with Crippen molar-refractivity contribution in [2.45, 2.75) is 12.7 Å². The summed E-state index contributed by atoms with van der Waals surface area (Å²) in [5, 5.41) is 3.11. The molecule has 0 aliphatic carbocycles. The number of methoxy groups -OCH3 is 2. The number of hydrogen-bond donors (Lipinski definition) is 0. The molecular weight excluding hydrogens is 212 g/mol. The van der Waals surface area contributed by atoms with Gasteiger partial charge in [-0.3, -0.25) is 0 Å². The zero-order valence-electron chi connectivity index (χ0n) is 9.69. The smallest absolute Gasteiger partial charge is 0.201 e. The SMILES string of the molecule is COC(OC)c1csc(CCN(C)C)n1. The van der Waals surface area contributed by atoms with Crippen LogP contribution < -0.4 is 0 Å². The molecule has 0 unspecified atom stereocenters. The Morgan fingerprint density at radius 3 is 2.60 bits per heavy atom. The zero-order valence-corrected chi connectivity index (χ0v) is 10.5. The second-order valence-corrected chi connectivity index (χ2v) is 4.47. The van der Waals surface area contributed by atoms with Crippen LogP contribution in [0.1, 0.15) is 17.0 Å². The maximum atomic E-state index is 5.14. The Kier molecular flexibility index (Phi) is 5.17. The van der Waals surface area contributed by atoms with E-state index in [4.69, 9.17) is 9.47 Å². The van der Waals surface area contributed by atoms with Crippen LogP contribution in [-0.4, -0.2) is 44.7 Å². The summed E-state index contributed by atoms with van der Waals surface area (Å²) in [7, 11) is 7.35. The molecule has 1 rings (SSSR count). The van der Waals surface area contributed by atoms with E-state index in [0.29, 0.717) is 0 Å². The third kappa shape index (κ3) is 3.87. The molecule has 0 radical (unpaired) electrons. The molecule has 0 atom stereocenters. The summed E-state index contributed by atoms with van der Waals surface area (Å²) in [6.07, 6.45) is 0.631. The van der Waals surface area contributed by atoms with E-state index in [2.05, 4.69) is 24.0 Å². The summed E-state index contributed by atoms with van der Waals surface area (Å²) in [5.41, 5.74) is 0.860. The highest BCUT2D eigenvalue weighted by atomic mass is 32.1. The van der Waals surface area contributed by atoms with Crippen LogP contribution in [0.5, 0.6) is 0 Å². The lowest BCUT2D eigenvalue weighted by atomic mass is 10.4. The number of thiazole rings is 1. The number of nitrogens with zero attached hydrogens (tertiary/aromatic N) is 2. The number of ether oxygens (including phenoxy) is 2. The van der Waals surface area contributed by atoms with Crippen LogP contribution in [-0.2, 0) is 15.9 Å². The topological polar surface area (TPSA) is 34.6 Å². The molecule has 0 spiro atoms. The first-order valence-electron chi connectivity index (χ1n) is 4.82. The van der Waals surface area contributed by atoms with Gasteiger partial charge < -0.3 is 14.4 Å². The molecule has 15 heavy (non-hydrogen) atoms. The van der Waals surface area contributed by atoms with Gasteiger partial charge in [-0.05, 0) is 14.1 Å². The minimum Gasteiger partial charge on any atom is -0.350 e. The van der Waals surface area contributed by atoms with Gasteiger partial charge in [0.15, 0.2) is 0 Å². The fraction of sp³-hybridized carbons (Fsp3) is 0.700. The first-order chi connectivity index (χ1) is 7.17. The maximum absolute atomic E-state index is 5.14. The van der Waals surface area contributed by atoms with Crippen molar-refractivity contribution < 1.29 is 9.47 Å². The summed E-state index contributed by atoms with van der Waals surface area (Å²) in [5.74, 6) is 0.